The lowest BCUT2D eigenvalue weighted by atomic mass is 9.88. The molecule has 1 saturated heterocycles. The van der Waals surface area contributed by atoms with Crippen molar-refractivity contribution in [1.29, 1.82) is 0 Å². The molecule has 2 nitrogen and oxygen atoms in total. The molecule has 1 aliphatic rings. The van der Waals surface area contributed by atoms with Gasteiger partial charge in [-0.3, -0.25) is 0 Å². The molecule has 0 amide bonds. The molecule has 0 bridgehead atoms. The highest BCUT2D eigenvalue weighted by Crippen LogP contribution is 2.35. The summed E-state index contributed by atoms with van der Waals surface area (Å²) in [4.78, 5) is 5.93. The molecule has 1 aliphatic heterocycles. The molecule has 26 heavy (non-hydrogen) atoms. The highest BCUT2D eigenvalue weighted by atomic mass is 15.1. The number of hydrogen-bond acceptors (Lipinski definition) is 1. The Hall–Kier alpha value is -2.58. The van der Waals surface area contributed by atoms with Crippen molar-refractivity contribution in [3.05, 3.63) is 72.4 Å². The molecule has 3 aromatic carbocycles. The van der Waals surface area contributed by atoms with E-state index in [1.54, 1.807) is 0 Å². The Balaban J connectivity index is 1.57. The summed E-state index contributed by atoms with van der Waals surface area (Å²) in [6.45, 7) is 2.39. The molecule has 1 fully saturated rings. The minimum atomic E-state index is 0.673. The van der Waals surface area contributed by atoms with Crippen LogP contribution in [0.1, 0.15) is 24.3 Å². The van der Waals surface area contributed by atoms with Crippen LogP contribution in [-0.2, 0) is 0 Å². The lowest BCUT2D eigenvalue weighted by Crippen LogP contribution is -2.29. The fourth-order valence-electron chi connectivity index (χ4n) is 4.35. The summed E-state index contributed by atoms with van der Waals surface area (Å²) in [5, 5.41) is 3.99. The first-order valence-corrected chi connectivity index (χ1v) is 9.57. The number of piperidine rings is 1. The number of aromatic nitrogens is 1. The molecule has 5 rings (SSSR count). The zero-order chi connectivity index (χ0) is 17.5. The Kier molecular flexibility index (Phi) is 3.79. The normalized spacial score (nSPS) is 16.5. The second-order valence-electron chi connectivity index (χ2n) is 7.64. The van der Waals surface area contributed by atoms with Crippen molar-refractivity contribution in [1.82, 2.24) is 9.88 Å². The van der Waals surface area contributed by atoms with Crippen LogP contribution in [0.3, 0.4) is 0 Å². The molecule has 4 aromatic rings. The van der Waals surface area contributed by atoms with E-state index >= 15 is 0 Å². The summed E-state index contributed by atoms with van der Waals surface area (Å²) in [6, 6.07) is 22.2. The molecule has 2 heteroatoms. The van der Waals surface area contributed by atoms with E-state index < -0.39 is 0 Å². The van der Waals surface area contributed by atoms with Crippen molar-refractivity contribution in [2.75, 3.05) is 20.1 Å². The van der Waals surface area contributed by atoms with E-state index in [2.05, 4.69) is 83.8 Å². The van der Waals surface area contributed by atoms with Crippen LogP contribution >= 0.6 is 0 Å². The Morgan fingerprint density at radius 1 is 0.846 bits per heavy atom. The summed E-state index contributed by atoms with van der Waals surface area (Å²) in [5.74, 6) is 0.673. The monoisotopic (exact) mass is 340 g/mol. The van der Waals surface area contributed by atoms with Crippen LogP contribution in [-0.4, -0.2) is 30.0 Å². The van der Waals surface area contributed by atoms with E-state index in [0.717, 1.165) is 0 Å². The maximum atomic E-state index is 3.49. The van der Waals surface area contributed by atoms with E-state index in [1.807, 2.05) is 0 Å². The highest BCUT2D eigenvalue weighted by Gasteiger charge is 2.21. The summed E-state index contributed by atoms with van der Waals surface area (Å²) in [6.07, 6.45) is 4.75. The predicted molar refractivity (Wildman–Crippen MR) is 111 cm³/mol. The zero-order valence-corrected chi connectivity index (χ0v) is 15.2. The van der Waals surface area contributed by atoms with Crippen molar-refractivity contribution in [2.45, 2.75) is 18.8 Å². The molecule has 0 atom stereocenters. The SMILES string of the molecule is CN1CCC(c2c[nH]c3ccc(-c4ccc5ccccc5c4)cc23)CC1. The number of nitrogens with one attached hydrogen (secondary N) is 1. The van der Waals surface area contributed by atoms with Gasteiger partial charge in [0, 0.05) is 17.1 Å². The summed E-state index contributed by atoms with van der Waals surface area (Å²) >= 11 is 0. The lowest BCUT2D eigenvalue weighted by molar-refractivity contribution is 0.256. The number of aromatic amines is 1. The first-order valence-electron chi connectivity index (χ1n) is 9.57. The standard InChI is InChI=1S/C24H24N2/c1-26-12-10-18(11-13-26)23-16-25-24-9-8-21(15-22(23)24)20-7-6-17-4-2-3-5-19(17)14-20/h2-9,14-16,18,25H,10-13H2,1H3. The Bertz CT molecular complexity index is 1070. The summed E-state index contributed by atoms with van der Waals surface area (Å²) in [5.41, 5.74) is 5.34. The smallest absolute Gasteiger partial charge is 0.0457 e. The first-order chi connectivity index (χ1) is 12.8. The van der Waals surface area contributed by atoms with Crippen LogP contribution < -0.4 is 0 Å². The van der Waals surface area contributed by atoms with Crippen LogP contribution in [0.5, 0.6) is 0 Å². The fourth-order valence-corrected chi connectivity index (χ4v) is 4.35. The molecule has 0 aliphatic carbocycles. The molecule has 2 heterocycles. The molecule has 0 spiro atoms. The Morgan fingerprint density at radius 3 is 2.42 bits per heavy atom. The van der Waals surface area contributed by atoms with E-state index in [0.29, 0.717) is 5.92 Å². The fraction of sp³-hybridized carbons (Fsp3) is 0.250. The van der Waals surface area contributed by atoms with Crippen molar-refractivity contribution in [2.24, 2.45) is 0 Å². The average Bonchev–Trinajstić information content (AvgIpc) is 3.11. The van der Waals surface area contributed by atoms with Crippen LogP contribution in [0.2, 0.25) is 0 Å². The second kappa shape index (κ2) is 6.30. The van der Waals surface area contributed by atoms with Gasteiger partial charge in [0.1, 0.15) is 0 Å². The number of hydrogen-bond donors (Lipinski definition) is 1. The van der Waals surface area contributed by atoms with E-state index in [4.69, 9.17) is 0 Å². The van der Waals surface area contributed by atoms with Gasteiger partial charge in [-0.15, -0.1) is 0 Å². The van der Waals surface area contributed by atoms with Crippen LogP contribution in [0.4, 0.5) is 0 Å². The molecular weight excluding hydrogens is 316 g/mol. The number of H-pyrrole nitrogens is 1. The quantitative estimate of drug-likeness (QED) is 0.489. The summed E-state index contributed by atoms with van der Waals surface area (Å²) in [7, 11) is 2.23. The van der Waals surface area contributed by atoms with Gasteiger partial charge in [0.05, 0.1) is 0 Å². The van der Waals surface area contributed by atoms with Crippen LogP contribution in [0.15, 0.2) is 66.9 Å². The van der Waals surface area contributed by atoms with E-state index in [-0.39, 0.29) is 0 Å². The predicted octanol–water partition coefficient (Wildman–Crippen LogP) is 5.80. The number of fused-ring (bicyclic) bond motifs is 2. The lowest BCUT2D eigenvalue weighted by Gasteiger charge is -2.28. The average molecular weight is 340 g/mol. The molecular formula is C24H24N2. The van der Waals surface area contributed by atoms with Gasteiger partial charge in [-0.2, -0.15) is 0 Å². The molecule has 0 radical (unpaired) electrons. The van der Waals surface area contributed by atoms with Crippen LogP contribution in [0, 0.1) is 0 Å². The maximum Gasteiger partial charge on any atom is 0.0457 e. The molecule has 130 valence electrons. The molecule has 0 unspecified atom stereocenters. The van der Waals surface area contributed by atoms with Gasteiger partial charge in [-0.25, -0.2) is 0 Å². The largest absolute Gasteiger partial charge is 0.361 e. The molecule has 1 aromatic heterocycles. The van der Waals surface area contributed by atoms with Crippen molar-refractivity contribution in [3.8, 4) is 11.1 Å². The Morgan fingerprint density at radius 2 is 1.58 bits per heavy atom. The summed E-state index contributed by atoms with van der Waals surface area (Å²) < 4.78 is 0. The minimum Gasteiger partial charge on any atom is -0.361 e. The maximum absolute atomic E-state index is 3.49. The van der Waals surface area contributed by atoms with Crippen molar-refractivity contribution in [3.63, 3.8) is 0 Å². The number of nitrogens with zero attached hydrogens (tertiary/aromatic N) is 1. The van der Waals surface area contributed by atoms with Gasteiger partial charge < -0.3 is 9.88 Å². The first kappa shape index (κ1) is 15.7. The zero-order valence-electron chi connectivity index (χ0n) is 15.2. The highest BCUT2D eigenvalue weighted by molar-refractivity contribution is 5.91. The van der Waals surface area contributed by atoms with Gasteiger partial charge in [0.2, 0.25) is 0 Å². The third kappa shape index (κ3) is 2.71. The van der Waals surface area contributed by atoms with Gasteiger partial charge in [-0.1, -0.05) is 42.5 Å². The number of likely N-dealkylation sites (tertiary alicyclic amines) is 1. The number of benzene rings is 3. The second-order valence-corrected chi connectivity index (χ2v) is 7.64. The topological polar surface area (TPSA) is 19.0 Å². The van der Waals surface area contributed by atoms with Crippen LogP contribution in [0.25, 0.3) is 32.8 Å². The minimum absolute atomic E-state index is 0.673. The molecule has 1 N–H and O–H groups in total. The van der Waals surface area contributed by atoms with E-state index in [1.165, 1.54) is 64.3 Å². The van der Waals surface area contributed by atoms with Crippen molar-refractivity contribution < 1.29 is 0 Å². The van der Waals surface area contributed by atoms with Gasteiger partial charge >= 0.3 is 0 Å². The third-order valence-electron chi connectivity index (χ3n) is 5.95. The van der Waals surface area contributed by atoms with Gasteiger partial charge in [-0.05, 0) is 84.6 Å². The van der Waals surface area contributed by atoms with E-state index in [9.17, 15) is 0 Å². The van der Waals surface area contributed by atoms with Crippen molar-refractivity contribution >= 4 is 21.7 Å². The Labute approximate surface area is 154 Å². The van der Waals surface area contributed by atoms with Gasteiger partial charge in [0.25, 0.3) is 0 Å². The molecule has 0 saturated carbocycles. The number of rotatable bonds is 2. The van der Waals surface area contributed by atoms with Gasteiger partial charge in [0.15, 0.2) is 0 Å². The third-order valence-corrected chi connectivity index (χ3v) is 5.95.